The van der Waals surface area contributed by atoms with E-state index in [1.54, 1.807) is 24.3 Å². The molecule has 0 atom stereocenters. The second-order valence-electron chi connectivity index (χ2n) is 4.60. The highest BCUT2D eigenvalue weighted by molar-refractivity contribution is 6.16. The summed E-state index contributed by atoms with van der Waals surface area (Å²) >= 11 is 0. The molecule has 1 aromatic heterocycles. The Bertz CT molecular complexity index is 935. The molecule has 19 heavy (non-hydrogen) atoms. The van der Waals surface area contributed by atoms with Crippen LogP contribution in [-0.4, -0.2) is 10.2 Å². The molecule has 0 unspecified atom stereocenters. The quantitative estimate of drug-likeness (QED) is 0.493. The van der Waals surface area contributed by atoms with Gasteiger partial charge in [0.15, 0.2) is 0 Å². The van der Waals surface area contributed by atoms with Gasteiger partial charge in [-0.3, -0.25) is 0 Å². The van der Waals surface area contributed by atoms with Gasteiger partial charge in [0.2, 0.25) is 0 Å². The molecule has 3 heteroatoms. The van der Waals surface area contributed by atoms with Crippen molar-refractivity contribution in [3.63, 3.8) is 0 Å². The highest BCUT2D eigenvalue weighted by Crippen LogP contribution is 2.39. The molecule has 3 aromatic carbocycles. The highest BCUT2D eigenvalue weighted by Gasteiger charge is 2.13. The number of phenolic OH excluding ortho intramolecular Hbond substituents is 2. The summed E-state index contributed by atoms with van der Waals surface area (Å²) in [5.74, 6) is 0.400. The molecule has 0 spiro atoms. The van der Waals surface area contributed by atoms with E-state index in [4.69, 9.17) is 4.42 Å². The lowest BCUT2D eigenvalue weighted by atomic mass is 10.0. The number of hydrogen-bond acceptors (Lipinski definition) is 3. The van der Waals surface area contributed by atoms with E-state index in [0.717, 1.165) is 27.1 Å². The van der Waals surface area contributed by atoms with Crippen molar-refractivity contribution in [1.82, 2.24) is 0 Å². The molecule has 2 N–H and O–H groups in total. The fraction of sp³-hybridized carbons (Fsp3) is 0. The SMILES string of the molecule is Oc1ccc2oc3c4ccccc4c(O)cc3c2c1. The molecule has 0 radical (unpaired) electrons. The maximum Gasteiger partial charge on any atom is 0.143 e. The second-order valence-corrected chi connectivity index (χ2v) is 4.60. The van der Waals surface area contributed by atoms with E-state index in [1.807, 2.05) is 24.3 Å². The summed E-state index contributed by atoms with van der Waals surface area (Å²) < 4.78 is 5.85. The predicted molar refractivity (Wildman–Crippen MR) is 74.6 cm³/mol. The Balaban J connectivity index is 2.32. The Hall–Kier alpha value is -2.68. The lowest BCUT2D eigenvalue weighted by Crippen LogP contribution is -1.75. The minimum atomic E-state index is 0.183. The maximum atomic E-state index is 10.1. The fourth-order valence-corrected chi connectivity index (χ4v) is 2.57. The summed E-state index contributed by atoms with van der Waals surface area (Å²) in [6.45, 7) is 0. The van der Waals surface area contributed by atoms with Gasteiger partial charge in [0.05, 0.1) is 0 Å². The third-order valence-corrected chi connectivity index (χ3v) is 3.44. The summed E-state index contributed by atoms with van der Waals surface area (Å²) in [6.07, 6.45) is 0. The van der Waals surface area contributed by atoms with Gasteiger partial charge in [-0.1, -0.05) is 24.3 Å². The Labute approximate surface area is 108 Å². The van der Waals surface area contributed by atoms with Crippen LogP contribution in [0.15, 0.2) is 52.9 Å². The summed E-state index contributed by atoms with van der Waals surface area (Å²) in [5.41, 5.74) is 1.43. The van der Waals surface area contributed by atoms with Crippen molar-refractivity contribution in [2.45, 2.75) is 0 Å². The van der Waals surface area contributed by atoms with Crippen LogP contribution in [0.4, 0.5) is 0 Å². The number of phenols is 2. The van der Waals surface area contributed by atoms with Crippen molar-refractivity contribution in [3.05, 3.63) is 48.5 Å². The van der Waals surface area contributed by atoms with E-state index in [9.17, 15) is 10.2 Å². The van der Waals surface area contributed by atoms with Gasteiger partial charge in [-0.05, 0) is 24.3 Å². The van der Waals surface area contributed by atoms with Gasteiger partial charge in [-0.15, -0.1) is 0 Å². The van der Waals surface area contributed by atoms with Crippen LogP contribution in [0.2, 0.25) is 0 Å². The van der Waals surface area contributed by atoms with Crippen LogP contribution >= 0.6 is 0 Å². The van der Waals surface area contributed by atoms with Crippen LogP contribution < -0.4 is 0 Å². The normalized spacial score (nSPS) is 11.6. The first kappa shape index (κ1) is 10.3. The highest BCUT2D eigenvalue weighted by atomic mass is 16.3. The van der Waals surface area contributed by atoms with Crippen LogP contribution in [0.5, 0.6) is 11.5 Å². The van der Waals surface area contributed by atoms with Gasteiger partial charge in [-0.25, -0.2) is 0 Å². The molecule has 1 heterocycles. The van der Waals surface area contributed by atoms with Crippen molar-refractivity contribution in [2.24, 2.45) is 0 Å². The second kappa shape index (κ2) is 3.42. The minimum absolute atomic E-state index is 0.183. The predicted octanol–water partition coefficient (Wildman–Crippen LogP) is 4.15. The van der Waals surface area contributed by atoms with Crippen molar-refractivity contribution < 1.29 is 14.6 Å². The number of rotatable bonds is 0. The lowest BCUT2D eigenvalue weighted by molar-refractivity contribution is 0.476. The first-order valence-corrected chi connectivity index (χ1v) is 6.00. The lowest BCUT2D eigenvalue weighted by Gasteiger charge is -2.01. The Morgan fingerprint density at radius 1 is 0.737 bits per heavy atom. The third kappa shape index (κ3) is 1.32. The Morgan fingerprint density at radius 2 is 1.53 bits per heavy atom. The molecule has 3 nitrogen and oxygen atoms in total. The van der Waals surface area contributed by atoms with Gasteiger partial charge in [0.25, 0.3) is 0 Å². The monoisotopic (exact) mass is 250 g/mol. The number of fused-ring (bicyclic) bond motifs is 5. The number of aromatic hydroxyl groups is 2. The zero-order valence-corrected chi connectivity index (χ0v) is 9.92. The smallest absolute Gasteiger partial charge is 0.143 e. The van der Waals surface area contributed by atoms with E-state index in [0.29, 0.717) is 5.58 Å². The van der Waals surface area contributed by atoms with Crippen LogP contribution in [0.1, 0.15) is 0 Å². The van der Waals surface area contributed by atoms with E-state index < -0.39 is 0 Å². The first-order valence-electron chi connectivity index (χ1n) is 6.00. The average molecular weight is 250 g/mol. The van der Waals surface area contributed by atoms with Gasteiger partial charge in [0.1, 0.15) is 22.7 Å². The maximum absolute atomic E-state index is 10.1. The molecule has 0 aliphatic heterocycles. The van der Waals surface area contributed by atoms with Crippen molar-refractivity contribution >= 4 is 32.7 Å². The van der Waals surface area contributed by atoms with Gasteiger partial charge >= 0.3 is 0 Å². The number of hydrogen-bond donors (Lipinski definition) is 2. The third-order valence-electron chi connectivity index (χ3n) is 3.44. The van der Waals surface area contributed by atoms with Crippen LogP contribution in [-0.2, 0) is 0 Å². The Morgan fingerprint density at radius 3 is 2.37 bits per heavy atom. The van der Waals surface area contributed by atoms with Crippen LogP contribution in [0.3, 0.4) is 0 Å². The molecule has 92 valence electrons. The van der Waals surface area contributed by atoms with Crippen molar-refractivity contribution in [2.75, 3.05) is 0 Å². The van der Waals surface area contributed by atoms with E-state index in [1.165, 1.54) is 0 Å². The molecular weight excluding hydrogens is 240 g/mol. The number of furan rings is 1. The molecule has 0 fully saturated rings. The van der Waals surface area contributed by atoms with Gasteiger partial charge in [0, 0.05) is 21.5 Å². The summed E-state index contributed by atoms with van der Waals surface area (Å²) in [4.78, 5) is 0. The van der Waals surface area contributed by atoms with Crippen molar-refractivity contribution in [1.29, 1.82) is 0 Å². The number of benzene rings is 3. The van der Waals surface area contributed by atoms with Crippen LogP contribution in [0, 0.1) is 0 Å². The molecule has 4 rings (SSSR count). The molecule has 0 aliphatic carbocycles. The zero-order valence-electron chi connectivity index (χ0n) is 9.92. The fourth-order valence-electron chi connectivity index (χ4n) is 2.57. The van der Waals surface area contributed by atoms with Gasteiger partial charge in [-0.2, -0.15) is 0 Å². The van der Waals surface area contributed by atoms with E-state index in [-0.39, 0.29) is 11.5 Å². The Kier molecular flexibility index (Phi) is 1.85. The molecule has 0 amide bonds. The zero-order chi connectivity index (χ0) is 13.0. The van der Waals surface area contributed by atoms with Crippen molar-refractivity contribution in [3.8, 4) is 11.5 Å². The standard InChI is InChI=1S/C16H10O3/c17-9-5-6-15-12(7-9)13-8-14(18)10-3-1-2-4-11(10)16(13)19-15/h1-8,17-18H. The summed E-state index contributed by atoms with van der Waals surface area (Å²) in [7, 11) is 0. The van der Waals surface area contributed by atoms with Gasteiger partial charge < -0.3 is 14.6 Å². The topological polar surface area (TPSA) is 53.6 Å². The summed E-state index contributed by atoms with van der Waals surface area (Å²) in [6, 6.07) is 14.2. The van der Waals surface area contributed by atoms with Crippen LogP contribution in [0.25, 0.3) is 32.7 Å². The largest absolute Gasteiger partial charge is 0.508 e. The first-order chi connectivity index (χ1) is 9.24. The molecule has 4 aromatic rings. The van der Waals surface area contributed by atoms with E-state index >= 15 is 0 Å². The average Bonchev–Trinajstić information content (AvgIpc) is 2.78. The molecular formula is C16H10O3. The molecule has 0 saturated carbocycles. The molecule has 0 aliphatic rings. The minimum Gasteiger partial charge on any atom is -0.508 e. The molecule has 0 saturated heterocycles. The molecule has 0 bridgehead atoms. The summed E-state index contributed by atoms with van der Waals surface area (Å²) in [5, 5.41) is 22.9. The van der Waals surface area contributed by atoms with E-state index in [2.05, 4.69) is 0 Å².